The van der Waals surface area contributed by atoms with Crippen LogP contribution in [0.5, 0.6) is 5.75 Å². The van der Waals surface area contributed by atoms with E-state index < -0.39 is 29.9 Å². The third-order valence-electron chi connectivity index (χ3n) is 9.01. The molecule has 0 aliphatic carbocycles. The highest BCUT2D eigenvalue weighted by atomic mass is 19.4. The van der Waals surface area contributed by atoms with Crippen LogP contribution in [-0.4, -0.2) is 77.5 Å². The van der Waals surface area contributed by atoms with Gasteiger partial charge in [0, 0.05) is 49.3 Å². The highest BCUT2D eigenvalue weighted by Crippen LogP contribution is 2.31. The molecule has 0 radical (unpaired) electrons. The molecule has 3 aromatic rings. The minimum atomic E-state index is -4.50. The molecule has 0 saturated heterocycles. The van der Waals surface area contributed by atoms with Crippen LogP contribution in [0, 0.1) is 5.92 Å². The third kappa shape index (κ3) is 11.9. The number of unbranched alkanes of at least 4 members (excludes halogenated alkanes) is 2. The molecule has 4 rings (SSSR count). The zero-order valence-corrected chi connectivity index (χ0v) is 30.0. The molecule has 3 aromatic carbocycles. The number of nitrogens with zero attached hydrogens (tertiary/aromatic N) is 2. The third-order valence-corrected chi connectivity index (χ3v) is 9.01. The molecule has 3 atom stereocenters. The molecule has 12 nitrogen and oxygen atoms in total. The number of alkyl halides is 3. The molecule has 286 valence electrons. The van der Waals surface area contributed by atoms with Crippen LogP contribution in [0.1, 0.15) is 57.1 Å². The first kappa shape index (κ1) is 40.5. The SMILES string of the molecule is C[C@@H]1CN([C@H](C)CO)C(=O)Cc2cc(NC(=O)CCCCCC(=O)Nc3ccccc3N)ccc2O[C@H]1CN(C)C(=O)Nc1ccc(C(F)(F)F)cc1. The van der Waals surface area contributed by atoms with Crippen molar-refractivity contribution < 1.29 is 42.2 Å². The fourth-order valence-electron chi connectivity index (χ4n) is 5.83. The number of halogens is 3. The number of aliphatic hydroxyl groups excluding tert-OH is 1. The summed E-state index contributed by atoms with van der Waals surface area (Å²) in [6.45, 7) is 3.60. The Morgan fingerprint density at radius 2 is 1.60 bits per heavy atom. The predicted octanol–water partition coefficient (Wildman–Crippen LogP) is 6.13. The maximum Gasteiger partial charge on any atom is 0.416 e. The van der Waals surface area contributed by atoms with Crippen molar-refractivity contribution in [3.05, 3.63) is 77.9 Å². The summed E-state index contributed by atoms with van der Waals surface area (Å²) in [5, 5.41) is 18.2. The number of hydrogen-bond donors (Lipinski definition) is 5. The van der Waals surface area contributed by atoms with Gasteiger partial charge in [0.15, 0.2) is 0 Å². The molecule has 0 spiro atoms. The first-order valence-corrected chi connectivity index (χ1v) is 17.5. The first-order chi connectivity index (χ1) is 25.1. The summed E-state index contributed by atoms with van der Waals surface area (Å²) in [5.41, 5.74) is 7.23. The minimum Gasteiger partial charge on any atom is -0.488 e. The number of nitrogens with two attached hydrogens (primary N) is 1. The Morgan fingerprint density at radius 3 is 2.25 bits per heavy atom. The van der Waals surface area contributed by atoms with E-state index in [1.165, 1.54) is 24.1 Å². The predicted molar refractivity (Wildman–Crippen MR) is 196 cm³/mol. The van der Waals surface area contributed by atoms with Crippen molar-refractivity contribution in [3.8, 4) is 5.75 Å². The van der Waals surface area contributed by atoms with Crippen molar-refractivity contribution in [1.29, 1.82) is 0 Å². The average Bonchev–Trinajstić information content (AvgIpc) is 3.15. The fraction of sp³-hybridized carbons (Fsp3) is 0.421. The number of urea groups is 1. The molecule has 1 heterocycles. The molecule has 53 heavy (non-hydrogen) atoms. The van der Waals surface area contributed by atoms with E-state index in [0.29, 0.717) is 54.1 Å². The van der Waals surface area contributed by atoms with Gasteiger partial charge in [0.25, 0.3) is 0 Å². The van der Waals surface area contributed by atoms with Gasteiger partial charge >= 0.3 is 12.2 Å². The molecular weight excluding hydrogens is 693 g/mol. The quantitative estimate of drug-likeness (QED) is 0.104. The molecule has 0 aromatic heterocycles. The molecule has 5 amide bonds. The van der Waals surface area contributed by atoms with E-state index in [9.17, 15) is 37.5 Å². The van der Waals surface area contributed by atoms with Gasteiger partial charge in [-0.15, -0.1) is 0 Å². The van der Waals surface area contributed by atoms with Crippen LogP contribution in [0.2, 0.25) is 0 Å². The number of benzene rings is 3. The summed E-state index contributed by atoms with van der Waals surface area (Å²) in [4.78, 5) is 54.6. The maximum absolute atomic E-state index is 13.6. The monoisotopic (exact) mass is 740 g/mol. The van der Waals surface area contributed by atoms with Crippen LogP contribution in [0.15, 0.2) is 66.7 Å². The van der Waals surface area contributed by atoms with E-state index in [2.05, 4.69) is 16.0 Å². The Labute approximate surface area is 306 Å². The molecule has 0 unspecified atom stereocenters. The van der Waals surface area contributed by atoms with Gasteiger partial charge in [0.2, 0.25) is 17.7 Å². The van der Waals surface area contributed by atoms with Crippen molar-refractivity contribution in [2.45, 2.75) is 70.7 Å². The summed E-state index contributed by atoms with van der Waals surface area (Å²) >= 11 is 0. The van der Waals surface area contributed by atoms with Crippen LogP contribution in [0.25, 0.3) is 0 Å². The largest absolute Gasteiger partial charge is 0.488 e. The lowest BCUT2D eigenvalue weighted by molar-refractivity contribution is -0.137. The number of nitrogens with one attached hydrogen (secondary N) is 3. The van der Waals surface area contributed by atoms with Gasteiger partial charge in [-0.2, -0.15) is 13.2 Å². The number of nitrogen functional groups attached to an aromatic ring is 1. The Balaban J connectivity index is 1.38. The van der Waals surface area contributed by atoms with Crippen LogP contribution < -0.4 is 26.4 Å². The number of para-hydroxylation sites is 2. The number of ether oxygens (including phenoxy) is 1. The van der Waals surface area contributed by atoms with E-state index in [4.69, 9.17) is 10.5 Å². The van der Waals surface area contributed by atoms with E-state index in [1.807, 2.05) is 6.92 Å². The molecule has 0 saturated carbocycles. The van der Waals surface area contributed by atoms with Gasteiger partial charge in [0.05, 0.1) is 42.6 Å². The Kier molecular flexibility index (Phi) is 14.1. The molecule has 0 bridgehead atoms. The van der Waals surface area contributed by atoms with Crippen molar-refractivity contribution >= 4 is 46.5 Å². The summed E-state index contributed by atoms with van der Waals surface area (Å²) in [6, 6.07) is 15.0. The van der Waals surface area contributed by atoms with Gasteiger partial charge in [-0.05, 0) is 74.4 Å². The van der Waals surface area contributed by atoms with Crippen LogP contribution in [-0.2, 0) is 27.0 Å². The molecule has 1 aliphatic heterocycles. The first-order valence-electron chi connectivity index (χ1n) is 17.5. The van der Waals surface area contributed by atoms with Crippen molar-refractivity contribution in [2.75, 3.05) is 48.4 Å². The normalized spacial score (nSPS) is 16.6. The van der Waals surface area contributed by atoms with Crippen LogP contribution >= 0.6 is 0 Å². The number of rotatable bonds is 13. The smallest absolute Gasteiger partial charge is 0.416 e. The van der Waals surface area contributed by atoms with Gasteiger partial charge in [-0.1, -0.05) is 25.5 Å². The topological polar surface area (TPSA) is 166 Å². The number of aliphatic hydroxyl groups is 1. The number of carbonyl (C=O) groups excluding carboxylic acids is 4. The zero-order chi connectivity index (χ0) is 38.7. The van der Waals surface area contributed by atoms with Gasteiger partial charge < -0.3 is 41.3 Å². The van der Waals surface area contributed by atoms with Gasteiger partial charge in [-0.25, -0.2) is 4.79 Å². The number of hydrogen-bond acceptors (Lipinski definition) is 7. The van der Waals surface area contributed by atoms with E-state index in [1.54, 1.807) is 54.3 Å². The summed E-state index contributed by atoms with van der Waals surface area (Å²) in [7, 11) is 1.52. The number of fused-ring (bicyclic) bond motifs is 1. The Bertz CT molecular complexity index is 1740. The second-order valence-corrected chi connectivity index (χ2v) is 13.3. The van der Waals surface area contributed by atoms with Crippen LogP contribution in [0.3, 0.4) is 0 Å². The number of likely N-dealkylation sites (N-methyl/N-ethyl adjacent to an activating group) is 1. The molecule has 1 aliphatic rings. The number of amides is 5. The molecular formula is C38H47F3N6O6. The lowest BCUT2D eigenvalue weighted by Gasteiger charge is -2.34. The number of anilines is 4. The molecule has 6 N–H and O–H groups in total. The van der Waals surface area contributed by atoms with E-state index >= 15 is 0 Å². The standard InChI is InChI=1S/C38H47F3N6O6/c1-24-21-47(25(2)23-48)36(51)20-26-19-29(43-34(49)11-5-4-6-12-35(50)45-31-10-8-7-9-30(31)42)17-18-32(26)53-33(24)22-46(3)37(52)44-28-15-13-27(14-16-28)38(39,40)41/h7-10,13-19,24-25,33,48H,4-6,11-12,20-23,42H2,1-3H3,(H,43,49)(H,44,52)(H,45,50)/t24-,25-,33+/m1/s1. The molecule has 0 fully saturated rings. The summed E-state index contributed by atoms with van der Waals surface area (Å²) < 4.78 is 45.4. The number of carbonyl (C=O) groups is 4. The highest BCUT2D eigenvalue weighted by Gasteiger charge is 2.33. The van der Waals surface area contributed by atoms with E-state index in [-0.39, 0.29) is 61.9 Å². The van der Waals surface area contributed by atoms with Crippen molar-refractivity contribution in [1.82, 2.24) is 9.80 Å². The van der Waals surface area contributed by atoms with Crippen molar-refractivity contribution in [3.63, 3.8) is 0 Å². The molecule has 15 heteroatoms. The van der Waals surface area contributed by atoms with Gasteiger partial charge in [-0.3, -0.25) is 14.4 Å². The minimum absolute atomic E-state index is 0.0586. The lowest BCUT2D eigenvalue weighted by atomic mass is 10.0. The Hall–Kier alpha value is -5.31. The van der Waals surface area contributed by atoms with Gasteiger partial charge in [0.1, 0.15) is 11.9 Å². The zero-order valence-electron chi connectivity index (χ0n) is 30.0. The maximum atomic E-state index is 13.6. The highest BCUT2D eigenvalue weighted by molar-refractivity contribution is 5.94. The summed E-state index contributed by atoms with van der Waals surface area (Å²) in [5.74, 6) is -0.567. The second-order valence-electron chi connectivity index (χ2n) is 13.3. The average molecular weight is 741 g/mol. The van der Waals surface area contributed by atoms with E-state index in [0.717, 1.165) is 12.1 Å². The lowest BCUT2D eigenvalue weighted by Crippen LogP contribution is -2.48. The summed E-state index contributed by atoms with van der Waals surface area (Å²) in [6.07, 6.45) is -2.87. The second kappa shape index (κ2) is 18.4. The Morgan fingerprint density at radius 1 is 0.962 bits per heavy atom. The fourth-order valence-corrected chi connectivity index (χ4v) is 5.83. The van der Waals surface area contributed by atoms with Crippen LogP contribution in [0.4, 0.5) is 40.7 Å². The van der Waals surface area contributed by atoms with Crippen molar-refractivity contribution in [2.24, 2.45) is 5.92 Å².